The molecule has 1 radical (unpaired) electrons. The summed E-state index contributed by atoms with van der Waals surface area (Å²) in [4.78, 5) is 2.26. The first-order valence-electron chi connectivity index (χ1n) is 3.98. The Kier molecular flexibility index (Phi) is 6.24. The maximum absolute atomic E-state index is 3.22. The van der Waals surface area contributed by atoms with Crippen molar-refractivity contribution in [1.29, 1.82) is 0 Å². The van der Waals surface area contributed by atoms with Crippen molar-refractivity contribution in [1.82, 2.24) is 0 Å². The third-order valence-corrected chi connectivity index (χ3v) is 3.27. The Morgan fingerprint density at radius 2 is 2.21 bits per heavy atom. The molecule has 0 N–H and O–H groups in total. The number of rotatable bonds is 1. The van der Waals surface area contributed by atoms with Crippen LogP contribution in [0.4, 0.5) is 5.69 Å². The van der Waals surface area contributed by atoms with Gasteiger partial charge in [-0.3, -0.25) is 0 Å². The largest absolute Gasteiger partial charge is 2.00 e. The summed E-state index contributed by atoms with van der Waals surface area (Å²) in [6.07, 6.45) is 3.31. The van der Waals surface area contributed by atoms with Crippen molar-refractivity contribution in [3.8, 4) is 0 Å². The van der Waals surface area contributed by atoms with Crippen molar-refractivity contribution in [3.63, 3.8) is 0 Å². The predicted molar refractivity (Wildman–Crippen MR) is 61.0 cm³/mol. The fourth-order valence-corrected chi connectivity index (χ4v) is 2.46. The molecule has 0 bridgehead atoms. The van der Waals surface area contributed by atoms with Gasteiger partial charge in [-0.15, -0.1) is 6.07 Å². The molecule has 0 amide bonds. The van der Waals surface area contributed by atoms with E-state index in [9.17, 15) is 0 Å². The van der Waals surface area contributed by atoms with Gasteiger partial charge in [0.1, 0.15) is 0 Å². The van der Waals surface area contributed by atoms with E-state index in [1.165, 1.54) is 5.69 Å². The number of benzene rings is 1. The molecule has 1 nitrogen and oxygen atoms in total. The second kappa shape index (κ2) is 6.33. The van der Waals surface area contributed by atoms with Gasteiger partial charge in [-0.25, -0.2) is 0 Å². The summed E-state index contributed by atoms with van der Waals surface area (Å²) in [6.45, 7) is 2.29. The number of hydrogen-bond donors (Lipinski definition) is 0. The van der Waals surface area contributed by atoms with E-state index in [2.05, 4.69) is 41.8 Å². The Morgan fingerprint density at radius 1 is 1.43 bits per heavy atom. The van der Waals surface area contributed by atoms with Crippen LogP contribution in [0.25, 0.3) is 0 Å². The normalized spacial score (nSPS) is 18.6. The van der Waals surface area contributed by atoms with Crippen molar-refractivity contribution in [2.24, 2.45) is 0 Å². The van der Waals surface area contributed by atoms with Crippen molar-refractivity contribution in [2.75, 3.05) is 17.9 Å². The van der Waals surface area contributed by atoms with Gasteiger partial charge in [0, 0.05) is 12.5 Å². The van der Waals surface area contributed by atoms with Crippen LogP contribution in [-0.4, -0.2) is 13.0 Å². The zero-order chi connectivity index (χ0) is 8.39. The van der Waals surface area contributed by atoms with Crippen LogP contribution < -0.4 is 4.90 Å². The van der Waals surface area contributed by atoms with Crippen LogP contribution in [0.5, 0.6) is 0 Å². The van der Waals surface area contributed by atoms with E-state index in [0.717, 1.165) is 6.29 Å². The van der Waals surface area contributed by atoms with Gasteiger partial charge < -0.3 is 12.3 Å². The predicted octanol–water partition coefficient (Wildman–Crippen LogP) is 3.29. The Labute approximate surface area is 101 Å². The van der Waals surface area contributed by atoms with Crippen LogP contribution in [0.2, 0.25) is 0 Å². The molecule has 14 heavy (non-hydrogen) atoms. The molecule has 0 saturated heterocycles. The Balaban J connectivity index is 0.000000845. The molecule has 1 atom stereocenters. The second-order valence-corrected chi connectivity index (χ2v) is 5.01. The van der Waals surface area contributed by atoms with Gasteiger partial charge in [-0.2, -0.15) is 24.3 Å². The average Bonchev–Trinajstić information content (AvgIpc) is 2.54. The molecule has 0 aromatic heterocycles. The molecule has 77 valence electrons. The maximum atomic E-state index is 3.22. The number of anilines is 1. The standard InChI is InChI=1S/C10H11NP.CH3.Rh/c1-12-8-7-11(9-12)10-5-3-2-4-6-10;;/h2-5,7-8H,9H2,1H3;1H3;/q2*-1;+2. The van der Waals surface area contributed by atoms with Crippen LogP contribution in [0.3, 0.4) is 0 Å². The summed E-state index contributed by atoms with van der Waals surface area (Å²) in [6, 6.07) is 11.3. The minimum atomic E-state index is 0. The molecule has 0 aliphatic carbocycles. The smallest absolute Gasteiger partial charge is 0.367 e. The molecular formula is C11H14NPRh. The average molecular weight is 294 g/mol. The summed E-state index contributed by atoms with van der Waals surface area (Å²) in [5.41, 5.74) is 1.18. The fraction of sp³-hybridized carbons (Fsp3) is 0.182. The van der Waals surface area contributed by atoms with E-state index in [0.29, 0.717) is 0 Å². The fourth-order valence-electron chi connectivity index (χ4n) is 1.25. The molecule has 1 aromatic carbocycles. The van der Waals surface area contributed by atoms with E-state index >= 15 is 0 Å². The molecule has 0 spiro atoms. The summed E-state index contributed by atoms with van der Waals surface area (Å²) in [7, 11) is 0.0974. The molecule has 1 aromatic rings. The number of nitrogens with zero attached hydrogens (tertiary/aromatic N) is 1. The van der Waals surface area contributed by atoms with E-state index in [-0.39, 0.29) is 34.8 Å². The quantitative estimate of drug-likeness (QED) is 0.436. The molecule has 1 aliphatic rings. The van der Waals surface area contributed by atoms with Crippen LogP contribution in [0, 0.1) is 13.5 Å². The third kappa shape index (κ3) is 3.19. The van der Waals surface area contributed by atoms with Crippen molar-refractivity contribution < 1.29 is 19.5 Å². The zero-order valence-corrected chi connectivity index (χ0v) is 10.9. The first-order valence-corrected chi connectivity index (χ1v) is 6.02. The van der Waals surface area contributed by atoms with Gasteiger partial charge >= 0.3 is 19.5 Å². The van der Waals surface area contributed by atoms with E-state index in [4.69, 9.17) is 0 Å². The summed E-state index contributed by atoms with van der Waals surface area (Å²) in [5, 5.41) is 0. The van der Waals surface area contributed by atoms with Gasteiger partial charge in [-0.1, -0.05) is 13.6 Å². The second-order valence-electron chi connectivity index (χ2n) is 2.91. The van der Waals surface area contributed by atoms with Gasteiger partial charge in [0.15, 0.2) is 0 Å². The molecular weight excluding hydrogens is 280 g/mol. The molecule has 1 aliphatic heterocycles. The Hall–Kier alpha value is -0.187. The maximum Gasteiger partial charge on any atom is 2.00 e. The first kappa shape index (κ1) is 13.8. The Morgan fingerprint density at radius 3 is 2.71 bits per heavy atom. The first-order chi connectivity index (χ1) is 5.86. The third-order valence-electron chi connectivity index (χ3n) is 1.88. The monoisotopic (exact) mass is 294 g/mol. The van der Waals surface area contributed by atoms with Gasteiger partial charge in [0.05, 0.1) is 0 Å². The molecule has 3 heteroatoms. The molecule has 0 fully saturated rings. The Bertz CT molecular complexity index is 287. The van der Waals surface area contributed by atoms with Gasteiger partial charge in [0.25, 0.3) is 0 Å². The summed E-state index contributed by atoms with van der Waals surface area (Å²) in [5.74, 6) is 2.29. The van der Waals surface area contributed by atoms with Crippen LogP contribution in [0.15, 0.2) is 36.3 Å². The molecule has 2 rings (SSSR count). The van der Waals surface area contributed by atoms with Crippen molar-refractivity contribution in [2.45, 2.75) is 0 Å². The van der Waals surface area contributed by atoms with Crippen LogP contribution >= 0.6 is 7.92 Å². The van der Waals surface area contributed by atoms with Crippen molar-refractivity contribution >= 4 is 13.6 Å². The molecule has 1 unspecified atom stereocenters. The summed E-state index contributed by atoms with van der Waals surface area (Å²) >= 11 is 0. The minimum absolute atomic E-state index is 0. The minimum Gasteiger partial charge on any atom is -0.367 e. The van der Waals surface area contributed by atoms with E-state index < -0.39 is 0 Å². The molecule has 0 saturated carbocycles. The van der Waals surface area contributed by atoms with E-state index in [1.54, 1.807) is 0 Å². The van der Waals surface area contributed by atoms with E-state index in [1.807, 2.05) is 12.1 Å². The SMILES string of the molecule is CP1C=CN(c2[c-]cccc2)C1.[CH3-].[Rh+2]. The molecule has 1 heterocycles. The topological polar surface area (TPSA) is 3.24 Å². The number of para-hydroxylation sites is 1. The summed E-state index contributed by atoms with van der Waals surface area (Å²) < 4.78 is 0. The zero-order valence-electron chi connectivity index (χ0n) is 8.40. The van der Waals surface area contributed by atoms with Crippen LogP contribution in [0.1, 0.15) is 0 Å². The van der Waals surface area contributed by atoms with Gasteiger partial charge in [-0.05, 0) is 12.5 Å². The number of hydrogen-bond acceptors (Lipinski definition) is 1. The van der Waals surface area contributed by atoms with Crippen LogP contribution in [-0.2, 0) is 19.5 Å². The van der Waals surface area contributed by atoms with Crippen molar-refractivity contribution in [3.05, 3.63) is 49.8 Å². The van der Waals surface area contributed by atoms with Gasteiger partial charge in [0.2, 0.25) is 0 Å².